The average molecular weight is 274 g/mol. The van der Waals surface area contributed by atoms with Crippen LogP contribution in [0, 0.1) is 0 Å². The Morgan fingerprint density at radius 1 is 1.26 bits per heavy atom. The lowest BCUT2D eigenvalue weighted by atomic mass is 10.1. The molecule has 0 unspecified atom stereocenters. The number of carbonyl (C=O) groups excluding carboxylic acids is 2. The molecule has 0 fully saturated rings. The fourth-order valence-electron chi connectivity index (χ4n) is 1.33. The fraction of sp³-hybridized carbons (Fsp3) is 0. The van der Waals surface area contributed by atoms with Crippen LogP contribution in [0.4, 0.5) is 5.13 Å². The van der Waals surface area contributed by atoms with Crippen molar-refractivity contribution in [2.24, 2.45) is 0 Å². The molecule has 0 atom stereocenters. The first-order chi connectivity index (χ1) is 9.16. The third-order valence-electron chi connectivity index (χ3n) is 2.21. The number of thiazole rings is 1. The van der Waals surface area contributed by atoms with Crippen LogP contribution < -0.4 is 5.32 Å². The Bertz CT molecular complexity index is 606. The smallest absolute Gasteiger partial charge is 0.298 e. The quantitative estimate of drug-likeness (QED) is 0.509. The van der Waals surface area contributed by atoms with E-state index in [1.54, 1.807) is 35.7 Å². The highest BCUT2D eigenvalue weighted by Crippen LogP contribution is 2.12. The maximum Gasteiger partial charge on any atom is 0.298 e. The molecule has 0 aliphatic carbocycles. The highest BCUT2D eigenvalue weighted by atomic mass is 32.1. The van der Waals surface area contributed by atoms with Crippen molar-refractivity contribution in [2.75, 3.05) is 5.32 Å². The third kappa shape index (κ3) is 3.49. The van der Waals surface area contributed by atoms with E-state index in [2.05, 4.69) is 10.3 Å². The van der Waals surface area contributed by atoms with Crippen LogP contribution in [0.5, 0.6) is 0 Å². The van der Waals surface area contributed by atoms with Crippen LogP contribution in [0.15, 0.2) is 48.0 Å². The van der Waals surface area contributed by atoms with Gasteiger partial charge in [0.2, 0.25) is 5.78 Å². The number of hydrogen-bond donors (Lipinski definition) is 2. The van der Waals surface area contributed by atoms with Gasteiger partial charge in [0.25, 0.3) is 5.91 Å². The van der Waals surface area contributed by atoms with Gasteiger partial charge in [0.1, 0.15) is 5.76 Å². The molecular formula is C13H10N2O3S. The van der Waals surface area contributed by atoms with Crippen LogP contribution in [-0.2, 0) is 9.59 Å². The zero-order valence-electron chi connectivity index (χ0n) is 9.74. The number of nitrogens with one attached hydrogen (secondary N) is 1. The van der Waals surface area contributed by atoms with Gasteiger partial charge in [-0.3, -0.25) is 14.9 Å². The number of anilines is 1. The molecule has 1 amide bonds. The first-order valence-electron chi connectivity index (χ1n) is 5.37. The molecule has 96 valence electrons. The lowest BCUT2D eigenvalue weighted by Crippen LogP contribution is -2.21. The Labute approximate surface area is 113 Å². The molecule has 0 saturated heterocycles. The van der Waals surface area contributed by atoms with Gasteiger partial charge in [0, 0.05) is 23.2 Å². The monoisotopic (exact) mass is 274 g/mol. The van der Waals surface area contributed by atoms with Gasteiger partial charge >= 0.3 is 0 Å². The molecule has 6 heteroatoms. The van der Waals surface area contributed by atoms with Crippen molar-refractivity contribution in [1.82, 2.24) is 4.98 Å². The lowest BCUT2D eigenvalue weighted by molar-refractivity contribution is -0.131. The summed E-state index contributed by atoms with van der Waals surface area (Å²) in [6, 6.07) is 8.50. The molecular weight excluding hydrogens is 264 g/mol. The van der Waals surface area contributed by atoms with E-state index >= 15 is 0 Å². The summed E-state index contributed by atoms with van der Waals surface area (Å²) in [6.45, 7) is 0. The molecule has 0 aliphatic rings. The van der Waals surface area contributed by atoms with Crippen LogP contribution >= 0.6 is 11.3 Å². The van der Waals surface area contributed by atoms with Gasteiger partial charge in [-0.1, -0.05) is 30.3 Å². The minimum atomic E-state index is -0.837. The van der Waals surface area contributed by atoms with E-state index in [-0.39, 0.29) is 5.76 Å². The van der Waals surface area contributed by atoms with Crippen molar-refractivity contribution >= 4 is 33.9 Å². The second kappa shape index (κ2) is 5.92. The van der Waals surface area contributed by atoms with E-state index in [0.717, 1.165) is 6.08 Å². The summed E-state index contributed by atoms with van der Waals surface area (Å²) in [7, 11) is 0. The topological polar surface area (TPSA) is 79.3 Å². The van der Waals surface area contributed by atoms with Crippen LogP contribution in [-0.4, -0.2) is 21.8 Å². The van der Waals surface area contributed by atoms with Crippen LogP contribution in [0.25, 0.3) is 5.76 Å². The number of nitrogens with zero attached hydrogens (tertiary/aromatic N) is 1. The van der Waals surface area contributed by atoms with Crippen molar-refractivity contribution in [2.45, 2.75) is 0 Å². The Hall–Kier alpha value is -2.47. The lowest BCUT2D eigenvalue weighted by Gasteiger charge is -2.00. The molecule has 5 nitrogen and oxygen atoms in total. The number of rotatable bonds is 4. The van der Waals surface area contributed by atoms with E-state index < -0.39 is 11.7 Å². The minimum absolute atomic E-state index is 0.250. The molecule has 0 spiro atoms. The molecule has 2 N–H and O–H groups in total. The van der Waals surface area contributed by atoms with E-state index in [1.807, 2.05) is 0 Å². The van der Waals surface area contributed by atoms with Gasteiger partial charge in [-0.05, 0) is 0 Å². The zero-order chi connectivity index (χ0) is 13.7. The van der Waals surface area contributed by atoms with Crippen molar-refractivity contribution < 1.29 is 14.7 Å². The highest BCUT2D eigenvalue weighted by Gasteiger charge is 2.13. The van der Waals surface area contributed by atoms with Crippen LogP contribution in [0.1, 0.15) is 5.56 Å². The second-order valence-electron chi connectivity index (χ2n) is 3.55. The number of ketones is 1. The molecule has 2 rings (SSSR count). The van der Waals surface area contributed by atoms with Gasteiger partial charge in [-0.15, -0.1) is 11.3 Å². The Kier molecular flexibility index (Phi) is 4.04. The first kappa shape index (κ1) is 13.0. The Morgan fingerprint density at radius 3 is 2.63 bits per heavy atom. The Balaban J connectivity index is 2.06. The molecule has 1 aromatic heterocycles. The predicted molar refractivity (Wildman–Crippen MR) is 72.8 cm³/mol. The van der Waals surface area contributed by atoms with Crippen molar-refractivity contribution in [3.63, 3.8) is 0 Å². The molecule has 19 heavy (non-hydrogen) atoms. The molecule has 0 bridgehead atoms. The predicted octanol–water partition coefficient (Wildman–Crippen LogP) is 2.25. The van der Waals surface area contributed by atoms with E-state index in [9.17, 15) is 14.7 Å². The summed E-state index contributed by atoms with van der Waals surface area (Å²) in [5.74, 6) is -1.92. The summed E-state index contributed by atoms with van der Waals surface area (Å²) in [5, 5.41) is 14.1. The van der Waals surface area contributed by atoms with E-state index in [4.69, 9.17) is 0 Å². The fourth-order valence-corrected chi connectivity index (χ4v) is 1.85. The van der Waals surface area contributed by atoms with Crippen molar-refractivity contribution in [3.05, 3.63) is 53.5 Å². The van der Waals surface area contributed by atoms with Crippen LogP contribution in [0.3, 0.4) is 0 Å². The third-order valence-corrected chi connectivity index (χ3v) is 2.90. The SMILES string of the molecule is O=C(C=C(O)c1ccccc1)C(=O)Nc1nccs1. The maximum absolute atomic E-state index is 11.6. The minimum Gasteiger partial charge on any atom is -0.507 e. The molecule has 1 heterocycles. The van der Waals surface area contributed by atoms with Gasteiger partial charge in [0.15, 0.2) is 5.13 Å². The molecule has 0 radical (unpaired) electrons. The molecule has 0 aliphatic heterocycles. The summed E-state index contributed by atoms with van der Waals surface area (Å²) in [6.07, 6.45) is 2.40. The number of hydrogen-bond acceptors (Lipinski definition) is 5. The van der Waals surface area contributed by atoms with Crippen molar-refractivity contribution in [3.8, 4) is 0 Å². The van der Waals surface area contributed by atoms with Crippen LogP contribution in [0.2, 0.25) is 0 Å². The van der Waals surface area contributed by atoms with Gasteiger partial charge in [0.05, 0.1) is 0 Å². The molecule has 0 saturated carbocycles. The summed E-state index contributed by atoms with van der Waals surface area (Å²) in [5.41, 5.74) is 0.470. The summed E-state index contributed by atoms with van der Waals surface area (Å²) < 4.78 is 0. The largest absolute Gasteiger partial charge is 0.507 e. The van der Waals surface area contributed by atoms with Gasteiger partial charge in [-0.2, -0.15) is 0 Å². The number of amides is 1. The van der Waals surface area contributed by atoms with E-state index in [0.29, 0.717) is 10.7 Å². The van der Waals surface area contributed by atoms with E-state index in [1.165, 1.54) is 17.5 Å². The second-order valence-corrected chi connectivity index (χ2v) is 4.45. The zero-order valence-corrected chi connectivity index (χ0v) is 10.6. The highest BCUT2D eigenvalue weighted by molar-refractivity contribution is 7.13. The standard InChI is InChI=1S/C13H10N2O3S/c16-10(9-4-2-1-3-5-9)8-11(17)12(18)15-13-14-6-7-19-13/h1-8,16H,(H,14,15,18). The van der Waals surface area contributed by atoms with Gasteiger partial charge < -0.3 is 5.11 Å². The van der Waals surface area contributed by atoms with Gasteiger partial charge in [-0.25, -0.2) is 4.98 Å². The molecule has 2 aromatic rings. The number of aliphatic hydroxyl groups is 1. The van der Waals surface area contributed by atoms with Crippen molar-refractivity contribution in [1.29, 1.82) is 0 Å². The normalized spacial score (nSPS) is 11.1. The number of aromatic nitrogens is 1. The summed E-state index contributed by atoms with van der Waals surface area (Å²) >= 11 is 1.21. The maximum atomic E-state index is 11.6. The number of carbonyl (C=O) groups is 2. The average Bonchev–Trinajstić information content (AvgIpc) is 2.92. The molecule has 1 aromatic carbocycles. The summed E-state index contributed by atoms with van der Waals surface area (Å²) in [4.78, 5) is 26.9. The number of aliphatic hydroxyl groups excluding tert-OH is 1. The Morgan fingerprint density at radius 2 is 2.00 bits per heavy atom. The first-order valence-corrected chi connectivity index (χ1v) is 6.25. The number of benzene rings is 1.